The Morgan fingerprint density at radius 2 is 1.94 bits per heavy atom. The van der Waals surface area contributed by atoms with Crippen LogP contribution < -0.4 is 5.32 Å². The van der Waals surface area contributed by atoms with Gasteiger partial charge in [-0.25, -0.2) is 4.39 Å². The number of amides is 2. The fraction of sp³-hybridized carbons (Fsp3) is 0.261. The predicted molar refractivity (Wildman–Crippen MR) is 120 cm³/mol. The lowest BCUT2D eigenvalue weighted by molar-refractivity contribution is -0.131. The number of halogens is 1. The van der Waals surface area contributed by atoms with Crippen molar-refractivity contribution in [3.8, 4) is 0 Å². The SMILES string of the molecule is O=C(CC1C(=O)N(C2CC2)C(=S)N1Cc1ccc(F)cc1)Nc1ccc2cc[nH]c2c1. The van der Waals surface area contributed by atoms with Gasteiger partial charge in [0.15, 0.2) is 5.11 Å². The van der Waals surface area contributed by atoms with E-state index < -0.39 is 6.04 Å². The number of nitrogens with zero attached hydrogens (tertiary/aromatic N) is 2. The van der Waals surface area contributed by atoms with E-state index in [2.05, 4.69) is 10.3 Å². The highest BCUT2D eigenvalue weighted by atomic mass is 32.1. The third kappa shape index (κ3) is 3.90. The summed E-state index contributed by atoms with van der Waals surface area (Å²) in [6.45, 7) is 0.348. The second-order valence-electron chi connectivity index (χ2n) is 8.02. The molecule has 2 heterocycles. The highest BCUT2D eigenvalue weighted by molar-refractivity contribution is 7.80. The molecule has 2 fully saturated rings. The summed E-state index contributed by atoms with van der Waals surface area (Å²) in [6, 6.07) is 13.1. The number of nitrogens with one attached hydrogen (secondary N) is 2. The predicted octanol–water partition coefficient (Wildman–Crippen LogP) is 3.80. The Morgan fingerprint density at radius 1 is 1.16 bits per heavy atom. The van der Waals surface area contributed by atoms with E-state index >= 15 is 0 Å². The Labute approximate surface area is 184 Å². The minimum Gasteiger partial charge on any atom is -0.361 e. The molecule has 2 aliphatic rings. The molecule has 0 spiro atoms. The molecule has 1 atom stereocenters. The summed E-state index contributed by atoms with van der Waals surface area (Å²) in [5, 5.41) is 4.39. The van der Waals surface area contributed by atoms with Crippen molar-refractivity contribution in [2.24, 2.45) is 0 Å². The standard InChI is InChI=1S/C23H21FN4O2S/c24-16-4-1-14(2-5-16)13-27-20(22(30)28(23(27)31)18-7-8-18)12-21(29)26-17-6-3-15-9-10-25-19(15)11-17/h1-6,9-11,18,20,25H,7-8,12-13H2,(H,26,29). The molecule has 0 radical (unpaired) electrons. The minimum absolute atomic E-state index is 0.00779. The van der Waals surface area contributed by atoms with Crippen LogP contribution in [0.3, 0.4) is 0 Å². The molecule has 2 aromatic carbocycles. The molecule has 31 heavy (non-hydrogen) atoms. The summed E-state index contributed by atoms with van der Waals surface area (Å²) in [4.78, 5) is 32.5. The summed E-state index contributed by atoms with van der Waals surface area (Å²) < 4.78 is 13.3. The van der Waals surface area contributed by atoms with Gasteiger partial charge in [-0.2, -0.15) is 0 Å². The summed E-state index contributed by atoms with van der Waals surface area (Å²) >= 11 is 5.60. The maximum absolute atomic E-state index is 13.3. The highest BCUT2D eigenvalue weighted by Crippen LogP contribution is 2.34. The van der Waals surface area contributed by atoms with Crippen LogP contribution in [0.2, 0.25) is 0 Å². The molecular formula is C23H21FN4O2S. The smallest absolute Gasteiger partial charge is 0.252 e. The number of benzene rings is 2. The number of fused-ring (bicyclic) bond motifs is 1. The zero-order valence-corrected chi connectivity index (χ0v) is 17.5. The Kier molecular flexibility index (Phi) is 4.94. The molecule has 1 aromatic heterocycles. The van der Waals surface area contributed by atoms with Crippen LogP contribution in [0.5, 0.6) is 0 Å². The zero-order chi connectivity index (χ0) is 21.5. The van der Waals surface area contributed by atoms with E-state index in [0.717, 1.165) is 29.3 Å². The normalized spacial score (nSPS) is 18.8. The summed E-state index contributed by atoms with van der Waals surface area (Å²) in [5.74, 6) is -0.711. The summed E-state index contributed by atoms with van der Waals surface area (Å²) in [5.41, 5.74) is 2.42. The lowest BCUT2D eigenvalue weighted by Gasteiger charge is -2.24. The van der Waals surface area contributed by atoms with Crippen molar-refractivity contribution in [2.45, 2.75) is 37.9 Å². The lowest BCUT2D eigenvalue weighted by Crippen LogP contribution is -2.37. The molecule has 2 amide bonds. The van der Waals surface area contributed by atoms with E-state index in [0.29, 0.717) is 17.3 Å². The molecule has 0 bridgehead atoms. The van der Waals surface area contributed by atoms with Crippen molar-refractivity contribution < 1.29 is 14.0 Å². The quantitative estimate of drug-likeness (QED) is 0.577. The van der Waals surface area contributed by atoms with Crippen molar-refractivity contribution in [2.75, 3.05) is 5.32 Å². The Hall–Kier alpha value is -3.26. The van der Waals surface area contributed by atoms with E-state index in [9.17, 15) is 14.0 Å². The van der Waals surface area contributed by atoms with E-state index in [1.165, 1.54) is 12.1 Å². The largest absolute Gasteiger partial charge is 0.361 e. The van der Waals surface area contributed by atoms with Crippen LogP contribution in [0, 0.1) is 5.82 Å². The summed E-state index contributed by atoms with van der Waals surface area (Å²) in [7, 11) is 0. The van der Waals surface area contributed by atoms with E-state index in [1.807, 2.05) is 30.5 Å². The molecule has 3 aromatic rings. The molecule has 1 aliphatic carbocycles. The van der Waals surface area contributed by atoms with Gasteiger partial charge in [-0.05, 0) is 66.3 Å². The molecule has 1 unspecified atom stereocenters. The van der Waals surface area contributed by atoms with Crippen LogP contribution in [0.4, 0.5) is 10.1 Å². The van der Waals surface area contributed by atoms with Crippen molar-refractivity contribution in [1.82, 2.24) is 14.8 Å². The molecule has 2 N–H and O–H groups in total. The van der Waals surface area contributed by atoms with Crippen LogP contribution >= 0.6 is 12.2 Å². The number of hydrogen-bond acceptors (Lipinski definition) is 3. The molecule has 158 valence electrons. The van der Waals surface area contributed by atoms with Gasteiger partial charge in [-0.15, -0.1) is 0 Å². The number of aromatic amines is 1. The average molecular weight is 437 g/mol. The minimum atomic E-state index is -0.674. The van der Waals surface area contributed by atoms with Gasteiger partial charge in [0.2, 0.25) is 5.91 Å². The van der Waals surface area contributed by atoms with Gasteiger partial charge in [0.25, 0.3) is 5.91 Å². The van der Waals surface area contributed by atoms with Gasteiger partial charge in [-0.1, -0.05) is 18.2 Å². The van der Waals surface area contributed by atoms with Crippen LogP contribution in [0.15, 0.2) is 54.7 Å². The number of thiocarbonyl (C=S) groups is 1. The zero-order valence-electron chi connectivity index (χ0n) is 16.7. The van der Waals surface area contributed by atoms with Crippen LogP contribution in [0.25, 0.3) is 10.9 Å². The molecule has 1 saturated carbocycles. The number of hydrogen-bond donors (Lipinski definition) is 2. The Balaban J connectivity index is 1.34. The molecule has 5 rings (SSSR count). The monoisotopic (exact) mass is 436 g/mol. The first-order valence-corrected chi connectivity index (χ1v) is 10.7. The van der Waals surface area contributed by atoms with Crippen molar-refractivity contribution in [1.29, 1.82) is 0 Å². The molecule has 1 saturated heterocycles. The second kappa shape index (κ2) is 7.77. The number of rotatable bonds is 6. The molecular weight excluding hydrogens is 415 g/mol. The van der Waals surface area contributed by atoms with E-state index in [1.54, 1.807) is 21.9 Å². The van der Waals surface area contributed by atoms with Gasteiger partial charge in [0.1, 0.15) is 11.9 Å². The average Bonchev–Trinajstić information content (AvgIpc) is 3.42. The number of aromatic nitrogens is 1. The topological polar surface area (TPSA) is 68.4 Å². The second-order valence-corrected chi connectivity index (χ2v) is 8.39. The molecule has 6 nitrogen and oxygen atoms in total. The number of anilines is 1. The Bertz CT molecular complexity index is 1170. The Morgan fingerprint density at radius 3 is 2.68 bits per heavy atom. The van der Waals surface area contributed by atoms with E-state index in [4.69, 9.17) is 12.2 Å². The lowest BCUT2D eigenvalue weighted by atomic mass is 10.1. The molecule has 1 aliphatic heterocycles. The van der Waals surface area contributed by atoms with Crippen molar-refractivity contribution >= 4 is 45.7 Å². The van der Waals surface area contributed by atoms with Gasteiger partial charge >= 0.3 is 0 Å². The first-order valence-electron chi connectivity index (χ1n) is 10.2. The van der Waals surface area contributed by atoms with Crippen LogP contribution in [-0.4, -0.2) is 43.8 Å². The third-order valence-electron chi connectivity index (χ3n) is 5.75. The van der Waals surface area contributed by atoms with Crippen molar-refractivity contribution in [3.05, 3.63) is 66.1 Å². The fourth-order valence-corrected chi connectivity index (χ4v) is 4.43. The summed E-state index contributed by atoms with van der Waals surface area (Å²) in [6.07, 6.45) is 3.68. The molecule has 8 heteroatoms. The number of carbonyl (C=O) groups excluding carboxylic acids is 2. The van der Waals surface area contributed by atoms with Gasteiger partial charge in [0.05, 0.1) is 6.42 Å². The first kappa shape index (κ1) is 19.7. The van der Waals surface area contributed by atoms with E-state index in [-0.39, 0.29) is 30.1 Å². The first-order chi connectivity index (χ1) is 15.0. The van der Waals surface area contributed by atoms with Crippen LogP contribution in [-0.2, 0) is 16.1 Å². The van der Waals surface area contributed by atoms with Crippen LogP contribution in [0.1, 0.15) is 24.8 Å². The maximum atomic E-state index is 13.3. The van der Waals surface area contributed by atoms with Gasteiger partial charge < -0.3 is 15.2 Å². The third-order valence-corrected chi connectivity index (χ3v) is 6.18. The highest BCUT2D eigenvalue weighted by Gasteiger charge is 2.48. The number of carbonyl (C=O) groups is 2. The van der Waals surface area contributed by atoms with Crippen molar-refractivity contribution in [3.63, 3.8) is 0 Å². The van der Waals surface area contributed by atoms with Gasteiger partial charge in [-0.3, -0.25) is 14.5 Å². The number of H-pyrrole nitrogens is 1. The maximum Gasteiger partial charge on any atom is 0.252 e. The fourth-order valence-electron chi connectivity index (χ4n) is 4.00. The van der Waals surface area contributed by atoms with Gasteiger partial charge in [0, 0.05) is 30.0 Å².